The first-order chi connectivity index (χ1) is 19.8. The van der Waals surface area contributed by atoms with Crippen molar-refractivity contribution in [3.05, 3.63) is 120 Å². The summed E-state index contributed by atoms with van der Waals surface area (Å²) in [6, 6.07) is 19.0. The molecule has 1 aliphatic heterocycles. The molecule has 0 saturated heterocycles. The van der Waals surface area contributed by atoms with Gasteiger partial charge in [-0.3, -0.25) is 9.36 Å². The molecule has 0 aliphatic carbocycles. The molecule has 3 aromatic carbocycles. The SMILES string of the molecule is CCOC(=O)C1=C(c2ccccc2)N=c2s/c(=C\c3ccc(OC(F)F)cc3)c(=O)n2[C@H]1c1cc(Cl)ccc1OC. The molecule has 1 aromatic heterocycles. The number of rotatable bonds is 8. The molecule has 210 valence electrons. The van der Waals surface area contributed by atoms with Crippen LogP contribution in [-0.4, -0.2) is 30.9 Å². The van der Waals surface area contributed by atoms with Crippen molar-refractivity contribution in [1.29, 1.82) is 0 Å². The zero-order valence-electron chi connectivity index (χ0n) is 21.8. The van der Waals surface area contributed by atoms with Crippen molar-refractivity contribution in [1.82, 2.24) is 4.57 Å². The Labute approximate surface area is 242 Å². The van der Waals surface area contributed by atoms with Gasteiger partial charge in [-0.2, -0.15) is 8.78 Å². The van der Waals surface area contributed by atoms with Crippen LogP contribution in [0.15, 0.2) is 88.2 Å². The van der Waals surface area contributed by atoms with Crippen molar-refractivity contribution in [2.24, 2.45) is 4.99 Å². The molecule has 1 atom stereocenters. The fourth-order valence-corrected chi connectivity index (χ4v) is 5.73. The van der Waals surface area contributed by atoms with Crippen LogP contribution in [0.1, 0.15) is 29.7 Å². The molecule has 2 heterocycles. The smallest absolute Gasteiger partial charge is 0.387 e. The van der Waals surface area contributed by atoms with Gasteiger partial charge in [0.2, 0.25) is 0 Å². The highest BCUT2D eigenvalue weighted by molar-refractivity contribution is 7.07. The van der Waals surface area contributed by atoms with Crippen LogP contribution in [0.2, 0.25) is 5.02 Å². The summed E-state index contributed by atoms with van der Waals surface area (Å²) >= 11 is 7.53. The van der Waals surface area contributed by atoms with Crippen LogP contribution >= 0.6 is 22.9 Å². The fourth-order valence-electron chi connectivity index (χ4n) is 4.55. The van der Waals surface area contributed by atoms with Crippen LogP contribution in [0, 0.1) is 0 Å². The number of hydrogen-bond acceptors (Lipinski definition) is 7. The minimum Gasteiger partial charge on any atom is -0.496 e. The van der Waals surface area contributed by atoms with E-state index in [0.717, 1.165) is 11.3 Å². The largest absolute Gasteiger partial charge is 0.496 e. The van der Waals surface area contributed by atoms with Gasteiger partial charge < -0.3 is 14.2 Å². The van der Waals surface area contributed by atoms with Crippen LogP contribution in [0.25, 0.3) is 11.8 Å². The molecule has 4 aromatic rings. The van der Waals surface area contributed by atoms with Gasteiger partial charge in [0.1, 0.15) is 17.5 Å². The molecule has 0 saturated carbocycles. The van der Waals surface area contributed by atoms with Crippen molar-refractivity contribution in [3.63, 3.8) is 0 Å². The molecule has 7 nitrogen and oxygen atoms in total. The number of ether oxygens (including phenoxy) is 3. The highest BCUT2D eigenvalue weighted by atomic mass is 35.5. The van der Waals surface area contributed by atoms with E-state index >= 15 is 0 Å². The Morgan fingerprint density at radius 1 is 1.12 bits per heavy atom. The molecule has 11 heteroatoms. The summed E-state index contributed by atoms with van der Waals surface area (Å²) in [4.78, 5) is 32.7. The van der Waals surface area contributed by atoms with E-state index in [4.69, 9.17) is 26.1 Å². The third kappa shape index (κ3) is 5.79. The number of hydrogen-bond donors (Lipinski definition) is 0. The Balaban J connectivity index is 1.79. The number of benzene rings is 3. The summed E-state index contributed by atoms with van der Waals surface area (Å²) in [5.41, 5.74) is 1.83. The maximum Gasteiger partial charge on any atom is 0.387 e. The number of alkyl halides is 2. The van der Waals surface area contributed by atoms with Gasteiger partial charge in [0, 0.05) is 16.1 Å². The lowest BCUT2D eigenvalue weighted by molar-refractivity contribution is -0.138. The molecule has 41 heavy (non-hydrogen) atoms. The van der Waals surface area contributed by atoms with Gasteiger partial charge in [0.25, 0.3) is 5.56 Å². The van der Waals surface area contributed by atoms with E-state index in [0.29, 0.717) is 42.5 Å². The number of carbonyl (C=O) groups is 1. The van der Waals surface area contributed by atoms with Gasteiger partial charge in [-0.05, 0) is 48.9 Å². The lowest BCUT2D eigenvalue weighted by atomic mass is 9.92. The standard InChI is InChI=1S/C30H23ClF2N2O5S/c1-3-39-28(37)24-25(18-7-5-4-6-8-18)34-30-35(26(24)21-16-19(31)11-14-22(21)38-2)27(36)23(41-30)15-17-9-12-20(13-10-17)40-29(32)33/h4-16,26,29H,3H2,1-2H3/b23-15-/t26-/m0/s1. The molecule has 1 aliphatic rings. The Hall–Kier alpha value is -4.28. The van der Waals surface area contributed by atoms with Crippen molar-refractivity contribution >= 4 is 40.7 Å². The molecule has 0 spiro atoms. The van der Waals surface area contributed by atoms with Crippen LogP contribution in [0.4, 0.5) is 8.78 Å². The van der Waals surface area contributed by atoms with Crippen LogP contribution in [0.5, 0.6) is 11.5 Å². The first kappa shape index (κ1) is 28.3. The third-order valence-corrected chi connectivity index (χ3v) is 7.48. The quantitative estimate of drug-likeness (QED) is 0.261. The Morgan fingerprint density at radius 2 is 1.85 bits per heavy atom. The highest BCUT2D eigenvalue weighted by Gasteiger charge is 2.36. The second kappa shape index (κ2) is 12.1. The normalized spacial score (nSPS) is 15.0. The number of halogens is 3. The Kier molecular flexibility index (Phi) is 8.32. The molecule has 0 amide bonds. The number of esters is 1. The van der Waals surface area contributed by atoms with E-state index in [1.807, 2.05) is 30.3 Å². The van der Waals surface area contributed by atoms with Gasteiger partial charge >= 0.3 is 12.6 Å². The van der Waals surface area contributed by atoms with Crippen LogP contribution in [-0.2, 0) is 9.53 Å². The minimum atomic E-state index is -2.94. The summed E-state index contributed by atoms with van der Waals surface area (Å²) in [7, 11) is 1.49. The highest BCUT2D eigenvalue weighted by Crippen LogP contribution is 2.39. The zero-order chi connectivity index (χ0) is 29.1. The van der Waals surface area contributed by atoms with Crippen molar-refractivity contribution in [3.8, 4) is 11.5 Å². The molecule has 0 radical (unpaired) electrons. The number of nitrogens with zero attached hydrogens (tertiary/aromatic N) is 2. The predicted molar refractivity (Wildman–Crippen MR) is 152 cm³/mol. The van der Waals surface area contributed by atoms with E-state index in [1.54, 1.807) is 43.3 Å². The van der Waals surface area contributed by atoms with E-state index in [-0.39, 0.29) is 17.9 Å². The van der Waals surface area contributed by atoms with Crippen LogP contribution in [0.3, 0.4) is 0 Å². The molecule has 5 rings (SSSR count). The average molecular weight is 597 g/mol. The van der Waals surface area contributed by atoms with E-state index in [2.05, 4.69) is 4.74 Å². The molecular formula is C30H23ClF2N2O5S. The Morgan fingerprint density at radius 3 is 2.51 bits per heavy atom. The first-order valence-electron chi connectivity index (χ1n) is 12.5. The maximum atomic E-state index is 14.0. The lowest BCUT2D eigenvalue weighted by Crippen LogP contribution is -2.40. The van der Waals surface area contributed by atoms with Crippen molar-refractivity contribution in [2.45, 2.75) is 19.6 Å². The van der Waals surface area contributed by atoms with Gasteiger partial charge in [-0.25, -0.2) is 9.79 Å². The number of fused-ring (bicyclic) bond motifs is 1. The molecule has 0 unspecified atom stereocenters. The van der Waals surface area contributed by atoms with E-state index < -0.39 is 24.2 Å². The summed E-state index contributed by atoms with van der Waals surface area (Å²) in [6.07, 6.45) is 1.62. The maximum absolute atomic E-state index is 14.0. The second-order valence-electron chi connectivity index (χ2n) is 8.77. The summed E-state index contributed by atoms with van der Waals surface area (Å²) in [5, 5.41) is 0.385. The minimum absolute atomic E-state index is 0.00163. The molecule has 0 fully saturated rings. The predicted octanol–water partition coefficient (Wildman–Crippen LogP) is 5.20. The number of aromatic nitrogens is 1. The first-order valence-corrected chi connectivity index (χ1v) is 13.7. The number of methoxy groups -OCH3 is 1. The molecule has 0 bridgehead atoms. The average Bonchev–Trinajstić information content (AvgIpc) is 3.27. The van der Waals surface area contributed by atoms with Crippen molar-refractivity contribution in [2.75, 3.05) is 13.7 Å². The monoisotopic (exact) mass is 596 g/mol. The number of carbonyl (C=O) groups excluding carboxylic acids is 1. The summed E-state index contributed by atoms with van der Waals surface area (Å²) < 4.78 is 42.4. The van der Waals surface area contributed by atoms with Gasteiger partial charge in [0.05, 0.1) is 29.5 Å². The molecule has 0 N–H and O–H groups in total. The van der Waals surface area contributed by atoms with Gasteiger partial charge in [-0.15, -0.1) is 0 Å². The molecular weight excluding hydrogens is 574 g/mol. The lowest BCUT2D eigenvalue weighted by Gasteiger charge is -2.27. The topological polar surface area (TPSA) is 79.1 Å². The number of thiazole rings is 1. The summed E-state index contributed by atoms with van der Waals surface area (Å²) in [5.74, 6) is -0.219. The van der Waals surface area contributed by atoms with E-state index in [9.17, 15) is 18.4 Å². The van der Waals surface area contributed by atoms with Gasteiger partial charge in [0.15, 0.2) is 4.80 Å². The van der Waals surface area contributed by atoms with Crippen LogP contribution < -0.4 is 24.4 Å². The van der Waals surface area contributed by atoms with Crippen molar-refractivity contribution < 1.29 is 27.8 Å². The second-order valence-corrected chi connectivity index (χ2v) is 10.2. The zero-order valence-corrected chi connectivity index (χ0v) is 23.4. The summed E-state index contributed by atoms with van der Waals surface area (Å²) in [6.45, 7) is -1.14. The fraction of sp³-hybridized carbons (Fsp3) is 0.167. The van der Waals surface area contributed by atoms with E-state index in [1.165, 1.54) is 23.8 Å². The Bertz CT molecular complexity index is 1800. The third-order valence-electron chi connectivity index (χ3n) is 6.26. The van der Waals surface area contributed by atoms with Gasteiger partial charge in [-0.1, -0.05) is 65.4 Å².